The molecule has 2 aromatic heterocycles. The molecule has 29 heavy (non-hydrogen) atoms. The molecule has 1 aliphatic heterocycles. The summed E-state index contributed by atoms with van der Waals surface area (Å²) >= 11 is 2.48. The van der Waals surface area contributed by atoms with E-state index < -0.39 is 5.97 Å². The van der Waals surface area contributed by atoms with Crippen molar-refractivity contribution >= 4 is 39.3 Å². The van der Waals surface area contributed by atoms with Crippen molar-refractivity contribution in [2.45, 2.75) is 50.6 Å². The molecule has 0 radical (unpaired) electrons. The largest absolute Gasteiger partial charge is 0.549 e. The molecular formula is C21H21N2O4S2-. The standard InChI is InChI=1S/C21H22N2O4S2/c1-3-21(2)9-14-15(11-27-21)29-18-17(14)19(26)23(10-13-7-5-4-6-8-13)20(22-18)28-12-16(24)25/h4-8H,3,9-12H2,1-2H3,(H,24,25)/p-1/t21-/m0/s1. The van der Waals surface area contributed by atoms with Crippen molar-refractivity contribution in [2.24, 2.45) is 0 Å². The van der Waals surface area contributed by atoms with Crippen LogP contribution in [0.2, 0.25) is 0 Å². The van der Waals surface area contributed by atoms with Crippen molar-refractivity contribution in [3.8, 4) is 0 Å². The second kappa shape index (κ2) is 7.93. The SMILES string of the molecule is CC[C@@]1(C)Cc2c(sc3nc(SCC(=O)[O-])n(Cc4ccccc4)c(=O)c23)CO1. The maximum absolute atomic E-state index is 13.5. The van der Waals surface area contributed by atoms with Crippen LogP contribution in [0.5, 0.6) is 0 Å². The minimum atomic E-state index is -1.19. The van der Waals surface area contributed by atoms with E-state index >= 15 is 0 Å². The lowest BCUT2D eigenvalue weighted by atomic mass is 9.90. The van der Waals surface area contributed by atoms with Gasteiger partial charge in [-0.15, -0.1) is 11.3 Å². The van der Waals surface area contributed by atoms with E-state index in [9.17, 15) is 14.7 Å². The topological polar surface area (TPSA) is 84.2 Å². The fourth-order valence-corrected chi connectivity index (χ4v) is 5.36. The summed E-state index contributed by atoms with van der Waals surface area (Å²) in [5.41, 5.74) is 1.56. The summed E-state index contributed by atoms with van der Waals surface area (Å²) in [6.07, 6.45) is 1.53. The van der Waals surface area contributed by atoms with Gasteiger partial charge in [-0.3, -0.25) is 9.36 Å². The van der Waals surface area contributed by atoms with Gasteiger partial charge in [-0.25, -0.2) is 4.98 Å². The number of carboxylic acids is 1. The molecule has 1 atom stereocenters. The highest BCUT2D eigenvalue weighted by atomic mass is 32.2. The number of thioether (sulfide) groups is 1. The van der Waals surface area contributed by atoms with Crippen LogP contribution in [0.25, 0.3) is 10.2 Å². The number of nitrogens with zero attached hydrogens (tertiary/aromatic N) is 2. The summed E-state index contributed by atoms with van der Waals surface area (Å²) in [6, 6.07) is 9.62. The molecule has 4 rings (SSSR count). The Balaban J connectivity index is 1.87. The summed E-state index contributed by atoms with van der Waals surface area (Å²) in [5.74, 6) is -1.44. The van der Waals surface area contributed by atoms with Gasteiger partial charge in [0.25, 0.3) is 5.56 Å². The number of aliphatic carboxylic acids is 1. The number of carbonyl (C=O) groups excluding carboxylic acids is 1. The molecule has 0 saturated carbocycles. The van der Waals surface area contributed by atoms with Crippen molar-refractivity contribution < 1.29 is 14.6 Å². The van der Waals surface area contributed by atoms with Gasteiger partial charge in [0.1, 0.15) is 4.83 Å². The summed E-state index contributed by atoms with van der Waals surface area (Å²) in [7, 11) is 0. The van der Waals surface area contributed by atoms with Crippen molar-refractivity contribution in [2.75, 3.05) is 5.75 Å². The maximum Gasteiger partial charge on any atom is 0.263 e. The number of thiophene rings is 1. The number of benzene rings is 1. The lowest BCUT2D eigenvalue weighted by Crippen LogP contribution is -2.34. The third kappa shape index (κ3) is 3.97. The van der Waals surface area contributed by atoms with Crippen molar-refractivity contribution in [3.05, 3.63) is 56.7 Å². The number of hydrogen-bond acceptors (Lipinski definition) is 7. The van der Waals surface area contributed by atoms with E-state index in [0.717, 1.165) is 34.2 Å². The first-order chi connectivity index (χ1) is 13.9. The number of ether oxygens (including phenoxy) is 1. The smallest absolute Gasteiger partial charge is 0.263 e. The molecule has 8 heteroatoms. The van der Waals surface area contributed by atoms with Gasteiger partial charge < -0.3 is 14.6 Å². The zero-order valence-electron chi connectivity index (χ0n) is 16.3. The van der Waals surface area contributed by atoms with Crippen molar-refractivity contribution in [1.82, 2.24) is 9.55 Å². The fraction of sp³-hybridized carbons (Fsp3) is 0.381. The van der Waals surface area contributed by atoms with Crippen LogP contribution >= 0.6 is 23.1 Å². The zero-order valence-corrected chi connectivity index (χ0v) is 17.9. The van der Waals surface area contributed by atoms with Crippen LogP contribution in [0.4, 0.5) is 0 Å². The molecule has 3 aromatic rings. The van der Waals surface area contributed by atoms with E-state index in [2.05, 4.69) is 18.8 Å². The maximum atomic E-state index is 13.5. The van der Waals surface area contributed by atoms with Gasteiger partial charge in [-0.2, -0.15) is 0 Å². The van der Waals surface area contributed by atoms with Gasteiger partial charge in [-0.1, -0.05) is 49.0 Å². The van der Waals surface area contributed by atoms with Crippen LogP contribution in [0, 0.1) is 0 Å². The quantitative estimate of drug-likeness (QED) is 0.442. The summed E-state index contributed by atoms with van der Waals surface area (Å²) < 4.78 is 7.61. The molecule has 0 bridgehead atoms. The Bertz CT molecular complexity index is 1120. The van der Waals surface area contributed by atoms with Crippen LogP contribution in [0.3, 0.4) is 0 Å². The van der Waals surface area contributed by atoms with E-state index in [1.54, 1.807) is 4.57 Å². The van der Waals surface area contributed by atoms with Crippen LogP contribution < -0.4 is 10.7 Å². The average Bonchev–Trinajstić information content (AvgIpc) is 3.07. The number of fused-ring (bicyclic) bond motifs is 3. The molecule has 1 aromatic carbocycles. The van der Waals surface area contributed by atoms with Crippen molar-refractivity contribution in [1.29, 1.82) is 0 Å². The molecule has 0 aliphatic carbocycles. The Morgan fingerprint density at radius 3 is 2.83 bits per heavy atom. The van der Waals surface area contributed by atoms with E-state index in [0.29, 0.717) is 34.9 Å². The molecule has 6 nitrogen and oxygen atoms in total. The minimum absolute atomic E-state index is 0.127. The predicted molar refractivity (Wildman–Crippen MR) is 112 cm³/mol. The van der Waals surface area contributed by atoms with Gasteiger partial charge in [0.05, 0.1) is 30.1 Å². The van der Waals surface area contributed by atoms with Crippen LogP contribution in [-0.2, 0) is 29.1 Å². The first kappa shape index (κ1) is 20.1. The molecule has 0 N–H and O–H groups in total. The second-order valence-corrected chi connectivity index (χ2v) is 9.41. The monoisotopic (exact) mass is 429 g/mol. The number of carbonyl (C=O) groups is 1. The first-order valence-corrected chi connectivity index (χ1v) is 11.3. The predicted octanol–water partition coefficient (Wildman–Crippen LogP) is 2.59. The molecule has 152 valence electrons. The summed E-state index contributed by atoms with van der Waals surface area (Å²) in [6.45, 7) is 4.96. The molecule has 1 aliphatic rings. The molecule has 3 heterocycles. The van der Waals surface area contributed by atoms with E-state index in [-0.39, 0.29) is 16.9 Å². The van der Waals surface area contributed by atoms with E-state index in [1.807, 2.05) is 30.3 Å². The Labute approximate surface area is 176 Å². The second-order valence-electron chi connectivity index (χ2n) is 7.38. The molecule has 0 amide bonds. The molecule has 0 saturated heterocycles. The Kier molecular flexibility index (Phi) is 5.50. The zero-order chi connectivity index (χ0) is 20.6. The highest BCUT2D eigenvalue weighted by Gasteiger charge is 2.33. The van der Waals surface area contributed by atoms with Gasteiger partial charge >= 0.3 is 0 Å². The average molecular weight is 430 g/mol. The Hall–Kier alpha value is -2.16. The lowest BCUT2D eigenvalue weighted by Gasteiger charge is -2.32. The van der Waals surface area contributed by atoms with Gasteiger partial charge in [0.15, 0.2) is 5.16 Å². The number of carboxylic acid groups (broad SMARTS) is 1. The highest BCUT2D eigenvalue weighted by molar-refractivity contribution is 7.99. The molecule has 0 spiro atoms. The van der Waals surface area contributed by atoms with E-state index in [4.69, 9.17) is 4.74 Å². The minimum Gasteiger partial charge on any atom is -0.549 e. The number of rotatable bonds is 6. The Morgan fingerprint density at radius 2 is 2.14 bits per heavy atom. The first-order valence-electron chi connectivity index (χ1n) is 9.46. The van der Waals surface area contributed by atoms with Crippen LogP contribution in [-0.4, -0.2) is 26.9 Å². The molecular weight excluding hydrogens is 408 g/mol. The summed E-state index contributed by atoms with van der Waals surface area (Å²) in [5, 5.41) is 12.0. The molecule has 0 fully saturated rings. The van der Waals surface area contributed by atoms with E-state index in [1.165, 1.54) is 11.3 Å². The summed E-state index contributed by atoms with van der Waals surface area (Å²) in [4.78, 5) is 30.9. The highest BCUT2D eigenvalue weighted by Crippen LogP contribution is 2.38. The third-order valence-electron chi connectivity index (χ3n) is 5.31. The number of hydrogen-bond donors (Lipinski definition) is 0. The van der Waals surface area contributed by atoms with Crippen molar-refractivity contribution in [3.63, 3.8) is 0 Å². The lowest BCUT2D eigenvalue weighted by molar-refractivity contribution is -0.301. The van der Waals surface area contributed by atoms with Crippen LogP contribution in [0.1, 0.15) is 36.3 Å². The normalized spacial score (nSPS) is 18.7. The number of aromatic nitrogens is 2. The van der Waals surface area contributed by atoms with Gasteiger partial charge in [0, 0.05) is 17.1 Å². The fourth-order valence-electron chi connectivity index (χ4n) is 3.50. The van der Waals surface area contributed by atoms with Gasteiger partial charge in [-0.05, 0) is 24.5 Å². The van der Waals surface area contributed by atoms with Crippen LogP contribution in [0.15, 0.2) is 40.3 Å². The molecule has 0 unspecified atom stereocenters. The Morgan fingerprint density at radius 1 is 1.38 bits per heavy atom. The van der Waals surface area contributed by atoms with Gasteiger partial charge in [0.2, 0.25) is 0 Å². The third-order valence-corrected chi connectivity index (χ3v) is 7.36.